The Labute approximate surface area is 109 Å². The lowest BCUT2D eigenvalue weighted by Crippen LogP contribution is -2.12. The van der Waals surface area contributed by atoms with Gasteiger partial charge in [0.15, 0.2) is 0 Å². The third-order valence-electron chi connectivity index (χ3n) is 3.17. The second-order valence-corrected chi connectivity index (χ2v) is 6.87. The van der Waals surface area contributed by atoms with Gasteiger partial charge in [-0.15, -0.1) is 11.8 Å². The summed E-state index contributed by atoms with van der Waals surface area (Å²) >= 11 is 1.99. The van der Waals surface area contributed by atoms with Gasteiger partial charge in [0, 0.05) is 4.75 Å². The summed E-state index contributed by atoms with van der Waals surface area (Å²) in [4.78, 5) is 1.50. The van der Waals surface area contributed by atoms with E-state index in [4.69, 9.17) is 0 Å². The van der Waals surface area contributed by atoms with Gasteiger partial charge >= 0.3 is 0 Å². The van der Waals surface area contributed by atoms with Crippen molar-refractivity contribution in [3.05, 3.63) is 58.5 Å². The summed E-state index contributed by atoms with van der Waals surface area (Å²) < 4.78 is 0.159. The Kier molecular flexibility index (Phi) is 3.78. The Balaban J connectivity index is 2.13. The van der Waals surface area contributed by atoms with Crippen molar-refractivity contribution in [3.63, 3.8) is 0 Å². The summed E-state index contributed by atoms with van der Waals surface area (Å²) in [6.45, 7) is 6.82. The third kappa shape index (κ3) is 3.26. The van der Waals surface area contributed by atoms with Crippen LogP contribution >= 0.6 is 11.8 Å². The lowest BCUT2D eigenvalue weighted by Gasteiger charge is -2.27. The molecule has 1 aromatic rings. The molecule has 1 aliphatic carbocycles. The van der Waals surface area contributed by atoms with Crippen LogP contribution in [0.1, 0.15) is 39.2 Å². The Morgan fingerprint density at radius 2 is 1.71 bits per heavy atom. The molecular weight excluding hydrogens is 224 g/mol. The summed E-state index contributed by atoms with van der Waals surface area (Å²) in [7, 11) is 0. The molecule has 1 aromatic carbocycles. The minimum atomic E-state index is 0.159. The largest absolute Gasteiger partial charge is 0.120 e. The van der Waals surface area contributed by atoms with E-state index >= 15 is 0 Å². The van der Waals surface area contributed by atoms with Crippen molar-refractivity contribution in [2.45, 2.75) is 38.4 Å². The quantitative estimate of drug-likeness (QED) is 0.697. The van der Waals surface area contributed by atoms with Crippen LogP contribution in [-0.2, 0) is 4.75 Å². The molecule has 0 nitrogen and oxygen atoms in total. The topological polar surface area (TPSA) is 0 Å². The molecule has 2 rings (SSSR count). The fourth-order valence-electron chi connectivity index (χ4n) is 2.03. The smallest absolute Gasteiger partial charge is 0.0396 e. The van der Waals surface area contributed by atoms with Crippen molar-refractivity contribution in [2.75, 3.05) is 0 Å². The van der Waals surface area contributed by atoms with E-state index in [1.165, 1.54) is 28.9 Å². The molecule has 0 unspecified atom stereocenters. The van der Waals surface area contributed by atoms with Gasteiger partial charge in [0.05, 0.1) is 0 Å². The van der Waals surface area contributed by atoms with Crippen molar-refractivity contribution in [3.8, 4) is 0 Å². The lowest BCUT2D eigenvalue weighted by molar-refractivity contribution is 0.782. The summed E-state index contributed by atoms with van der Waals surface area (Å²) in [5.74, 6) is 0. The highest BCUT2D eigenvalue weighted by atomic mass is 32.2. The van der Waals surface area contributed by atoms with E-state index in [9.17, 15) is 0 Å². The van der Waals surface area contributed by atoms with Crippen molar-refractivity contribution < 1.29 is 0 Å². The number of benzene rings is 1. The molecule has 1 heteroatoms. The van der Waals surface area contributed by atoms with E-state index in [1.807, 2.05) is 11.8 Å². The zero-order chi connectivity index (χ0) is 12.3. The maximum Gasteiger partial charge on any atom is 0.0396 e. The van der Waals surface area contributed by atoms with Crippen LogP contribution in [0.2, 0.25) is 0 Å². The molecule has 0 saturated heterocycles. The average molecular weight is 244 g/mol. The van der Waals surface area contributed by atoms with Crippen molar-refractivity contribution >= 4 is 11.8 Å². The highest BCUT2D eigenvalue weighted by Crippen LogP contribution is 2.43. The standard InChI is InChI=1S/C16H20S/c1-13-9-11-15(12-10-13)17-16(2,3)14-7-5-4-6-8-14/h4-9,11H,10,12H2,1-3H3. The van der Waals surface area contributed by atoms with Gasteiger partial charge in [0.1, 0.15) is 0 Å². The van der Waals surface area contributed by atoms with Crippen LogP contribution in [-0.4, -0.2) is 0 Å². The molecule has 90 valence electrons. The van der Waals surface area contributed by atoms with Gasteiger partial charge in [-0.2, -0.15) is 0 Å². The molecule has 0 spiro atoms. The Morgan fingerprint density at radius 1 is 1.00 bits per heavy atom. The zero-order valence-electron chi connectivity index (χ0n) is 10.9. The molecule has 0 fully saturated rings. The van der Waals surface area contributed by atoms with Gasteiger partial charge in [-0.25, -0.2) is 0 Å². The second-order valence-electron chi connectivity index (χ2n) is 5.12. The van der Waals surface area contributed by atoms with E-state index in [0.29, 0.717) is 0 Å². The second kappa shape index (κ2) is 5.14. The highest BCUT2D eigenvalue weighted by molar-refractivity contribution is 8.03. The first-order valence-corrected chi connectivity index (χ1v) is 7.00. The highest BCUT2D eigenvalue weighted by Gasteiger charge is 2.23. The van der Waals surface area contributed by atoms with Crippen molar-refractivity contribution in [2.24, 2.45) is 0 Å². The van der Waals surface area contributed by atoms with Crippen LogP contribution in [0.4, 0.5) is 0 Å². The third-order valence-corrected chi connectivity index (χ3v) is 4.52. The van der Waals surface area contributed by atoms with Crippen LogP contribution < -0.4 is 0 Å². The van der Waals surface area contributed by atoms with Crippen LogP contribution in [0.5, 0.6) is 0 Å². The van der Waals surface area contributed by atoms with Gasteiger partial charge in [0.25, 0.3) is 0 Å². The monoisotopic (exact) mass is 244 g/mol. The van der Waals surface area contributed by atoms with E-state index in [-0.39, 0.29) is 4.75 Å². The minimum Gasteiger partial charge on any atom is -0.120 e. The zero-order valence-corrected chi connectivity index (χ0v) is 11.7. The first kappa shape index (κ1) is 12.5. The molecule has 1 aliphatic rings. The number of rotatable bonds is 3. The molecule has 0 saturated carbocycles. The van der Waals surface area contributed by atoms with E-state index < -0.39 is 0 Å². The number of hydrogen-bond acceptors (Lipinski definition) is 1. The van der Waals surface area contributed by atoms with Crippen LogP contribution in [0.25, 0.3) is 0 Å². The Bertz CT molecular complexity index is 438. The van der Waals surface area contributed by atoms with Gasteiger partial charge in [0.2, 0.25) is 0 Å². The molecular formula is C16H20S. The SMILES string of the molecule is CC1=CC=C(SC(C)(C)c2ccccc2)CC1. The first-order chi connectivity index (χ1) is 8.08. The van der Waals surface area contributed by atoms with E-state index in [2.05, 4.69) is 63.3 Å². The van der Waals surface area contributed by atoms with Crippen molar-refractivity contribution in [1.29, 1.82) is 0 Å². The fraction of sp³-hybridized carbons (Fsp3) is 0.375. The summed E-state index contributed by atoms with van der Waals surface area (Å²) in [5.41, 5.74) is 2.89. The minimum absolute atomic E-state index is 0.159. The van der Waals surface area contributed by atoms with Gasteiger partial charge in [-0.1, -0.05) is 48.1 Å². The average Bonchev–Trinajstić information content (AvgIpc) is 2.33. The number of thioether (sulfide) groups is 1. The van der Waals surface area contributed by atoms with Gasteiger partial charge in [-0.3, -0.25) is 0 Å². The summed E-state index contributed by atoms with van der Waals surface area (Å²) in [5, 5.41) is 0. The molecule has 0 aromatic heterocycles. The molecule has 0 radical (unpaired) electrons. The predicted molar refractivity (Wildman–Crippen MR) is 78.1 cm³/mol. The maximum atomic E-state index is 2.30. The summed E-state index contributed by atoms with van der Waals surface area (Å²) in [6.07, 6.45) is 6.95. The number of hydrogen-bond donors (Lipinski definition) is 0. The summed E-state index contributed by atoms with van der Waals surface area (Å²) in [6, 6.07) is 10.8. The van der Waals surface area contributed by atoms with E-state index in [1.54, 1.807) is 0 Å². The predicted octanol–water partition coefficient (Wildman–Crippen LogP) is 5.28. The molecule has 0 aliphatic heterocycles. The maximum absolute atomic E-state index is 2.30. The fourth-order valence-corrected chi connectivity index (χ4v) is 3.28. The normalized spacial score (nSPS) is 16.4. The molecule has 0 amide bonds. The van der Waals surface area contributed by atoms with Gasteiger partial charge in [-0.05, 0) is 44.1 Å². The molecule has 17 heavy (non-hydrogen) atoms. The molecule has 0 bridgehead atoms. The van der Waals surface area contributed by atoms with Crippen molar-refractivity contribution in [1.82, 2.24) is 0 Å². The van der Waals surface area contributed by atoms with Crippen LogP contribution in [0, 0.1) is 0 Å². The van der Waals surface area contributed by atoms with E-state index in [0.717, 1.165) is 0 Å². The van der Waals surface area contributed by atoms with Gasteiger partial charge < -0.3 is 0 Å². The lowest BCUT2D eigenvalue weighted by atomic mass is 10.0. The Morgan fingerprint density at radius 3 is 2.29 bits per heavy atom. The molecule has 0 heterocycles. The first-order valence-electron chi connectivity index (χ1n) is 6.19. The van der Waals surface area contributed by atoms with Crippen LogP contribution in [0.3, 0.4) is 0 Å². The van der Waals surface area contributed by atoms with Crippen LogP contribution in [0.15, 0.2) is 53.0 Å². The Hall–Kier alpha value is -0.950. The molecule has 0 atom stereocenters. The molecule has 0 N–H and O–H groups in total. The number of allylic oxidation sites excluding steroid dienone is 4.